The third-order valence-electron chi connectivity index (χ3n) is 2.46. The molecule has 1 amide bonds. The quantitative estimate of drug-likeness (QED) is 0.543. The summed E-state index contributed by atoms with van der Waals surface area (Å²) in [7, 11) is 1.51. The van der Waals surface area contributed by atoms with E-state index >= 15 is 0 Å². The van der Waals surface area contributed by atoms with Crippen LogP contribution in [0.5, 0.6) is 6.01 Å². The first kappa shape index (κ1) is 15.9. The van der Waals surface area contributed by atoms with Crippen LogP contribution in [0.25, 0.3) is 0 Å². The van der Waals surface area contributed by atoms with Crippen LogP contribution in [0, 0.1) is 0 Å². The Morgan fingerprint density at radius 1 is 1.15 bits per heavy atom. The van der Waals surface area contributed by atoms with Crippen LogP contribution >= 0.6 is 0 Å². The molecule has 1 aromatic rings. The summed E-state index contributed by atoms with van der Waals surface area (Å²) in [4.78, 5) is 23.0. The molecule has 0 aliphatic rings. The van der Waals surface area contributed by atoms with Gasteiger partial charge in [0.1, 0.15) is 0 Å². The number of unbranched alkanes of at least 4 members (excludes halogenated alkanes) is 1. The molecular weight excluding hydrogens is 260 g/mol. The average Bonchev–Trinajstić information content (AvgIpc) is 2.44. The fourth-order valence-corrected chi connectivity index (χ4v) is 1.47. The molecule has 4 N–H and O–H groups in total. The van der Waals surface area contributed by atoms with Crippen molar-refractivity contribution >= 4 is 17.8 Å². The number of nitrogens with one attached hydrogen (secondary N) is 2. The molecule has 1 aromatic heterocycles. The second kappa shape index (κ2) is 8.89. The molecule has 0 aliphatic heterocycles. The molecule has 0 fully saturated rings. The average molecular weight is 282 g/mol. The molecule has 0 spiro atoms. The number of nitrogens with two attached hydrogens (primary N) is 1. The maximum Gasteiger partial charge on any atom is 0.322 e. The highest BCUT2D eigenvalue weighted by molar-refractivity contribution is 5.73. The first-order chi connectivity index (χ1) is 9.65. The monoisotopic (exact) mass is 282 g/mol. The third-order valence-corrected chi connectivity index (χ3v) is 2.46. The van der Waals surface area contributed by atoms with Crippen molar-refractivity contribution in [3.05, 3.63) is 0 Å². The van der Waals surface area contributed by atoms with Crippen LogP contribution in [0.4, 0.5) is 11.9 Å². The van der Waals surface area contributed by atoms with Crippen molar-refractivity contribution in [1.82, 2.24) is 15.0 Å². The lowest BCUT2D eigenvalue weighted by atomic mass is 10.2. The van der Waals surface area contributed by atoms with Crippen LogP contribution in [0.15, 0.2) is 0 Å². The second-order valence-corrected chi connectivity index (χ2v) is 4.25. The zero-order valence-corrected chi connectivity index (χ0v) is 12.0. The Bertz CT molecular complexity index is 426. The largest absolute Gasteiger partial charge is 0.467 e. The van der Waals surface area contributed by atoms with E-state index in [1.165, 1.54) is 7.11 Å². The summed E-state index contributed by atoms with van der Waals surface area (Å²) in [6, 6.07) is 0.262. The van der Waals surface area contributed by atoms with Crippen LogP contribution in [-0.2, 0) is 4.79 Å². The van der Waals surface area contributed by atoms with Gasteiger partial charge in [0.25, 0.3) is 0 Å². The van der Waals surface area contributed by atoms with E-state index < -0.39 is 0 Å². The van der Waals surface area contributed by atoms with E-state index in [-0.39, 0.29) is 11.9 Å². The number of nitrogens with zero attached hydrogens (tertiary/aromatic N) is 3. The minimum Gasteiger partial charge on any atom is -0.467 e. The molecule has 8 heteroatoms. The number of amides is 1. The van der Waals surface area contributed by atoms with Gasteiger partial charge < -0.3 is 21.1 Å². The fourth-order valence-electron chi connectivity index (χ4n) is 1.47. The third kappa shape index (κ3) is 6.17. The Morgan fingerprint density at radius 3 is 2.35 bits per heavy atom. The Kier molecular flexibility index (Phi) is 7.08. The van der Waals surface area contributed by atoms with Crippen molar-refractivity contribution in [3.8, 4) is 6.01 Å². The summed E-state index contributed by atoms with van der Waals surface area (Å²) in [5.74, 6) is 0.658. The SMILES string of the molecule is CCCNc1nc(NCCCCC(N)=O)nc(OC)n1. The van der Waals surface area contributed by atoms with Gasteiger partial charge in [-0.25, -0.2) is 0 Å². The van der Waals surface area contributed by atoms with Crippen molar-refractivity contribution in [3.63, 3.8) is 0 Å². The smallest absolute Gasteiger partial charge is 0.322 e. The Hall–Kier alpha value is -2.12. The van der Waals surface area contributed by atoms with Gasteiger partial charge in [0.05, 0.1) is 7.11 Å². The van der Waals surface area contributed by atoms with Gasteiger partial charge in [0.15, 0.2) is 0 Å². The van der Waals surface area contributed by atoms with Crippen molar-refractivity contribution < 1.29 is 9.53 Å². The predicted octanol–water partition coefficient (Wildman–Crippen LogP) is 0.770. The molecule has 0 unspecified atom stereocenters. The number of ether oxygens (including phenoxy) is 1. The topological polar surface area (TPSA) is 115 Å². The number of rotatable bonds is 10. The van der Waals surface area contributed by atoms with Gasteiger partial charge in [-0.3, -0.25) is 4.79 Å². The Morgan fingerprint density at radius 2 is 1.80 bits per heavy atom. The first-order valence-corrected chi connectivity index (χ1v) is 6.71. The lowest BCUT2D eigenvalue weighted by Gasteiger charge is -2.08. The summed E-state index contributed by atoms with van der Waals surface area (Å²) in [6.45, 7) is 3.50. The number of primary amides is 1. The molecule has 112 valence electrons. The summed E-state index contributed by atoms with van der Waals surface area (Å²) in [5.41, 5.74) is 5.07. The number of anilines is 2. The zero-order valence-electron chi connectivity index (χ0n) is 12.0. The van der Waals surface area contributed by atoms with E-state index in [2.05, 4.69) is 32.5 Å². The predicted molar refractivity (Wildman–Crippen MR) is 76.7 cm³/mol. The molecule has 1 rings (SSSR count). The van der Waals surface area contributed by atoms with Gasteiger partial charge in [-0.2, -0.15) is 15.0 Å². The molecule has 0 aliphatic carbocycles. The minimum absolute atomic E-state index is 0.262. The van der Waals surface area contributed by atoms with Crippen molar-refractivity contribution in [2.75, 3.05) is 30.8 Å². The van der Waals surface area contributed by atoms with Crippen LogP contribution < -0.4 is 21.1 Å². The fraction of sp³-hybridized carbons (Fsp3) is 0.667. The summed E-state index contributed by atoms with van der Waals surface area (Å²) < 4.78 is 5.03. The molecule has 0 aromatic carbocycles. The molecule has 0 radical (unpaired) electrons. The standard InChI is InChI=1S/C12H22N6O2/c1-3-7-14-10-16-11(18-12(17-10)20-2)15-8-5-4-6-9(13)19/h3-8H2,1-2H3,(H2,13,19)(H2,14,15,16,17,18). The second-order valence-electron chi connectivity index (χ2n) is 4.25. The molecule has 1 heterocycles. The van der Waals surface area contributed by atoms with Crippen LogP contribution in [-0.4, -0.2) is 41.1 Å². The molecule has 0 saturated heterocycles. The number of carbonyl (C=O) groups is 1. The molecule has 0 bridgehead atoms. The van der Waals surface area contributed by atoms with E-state index in [0.29, 0.717) is 24.9 Å². The Labute approximate surface area is 118 Å². The number of carbonyl (C=O) groups excluding carboxylic acids is 1. The number of hydrogen-bond donors (Lipinski definition) is 3. The first-order valence-electron chi connectivity index (χ1n) is 6.71. The van der Waals surface area contributed by atoms with Crippen LogP contribution in [0.2, 0.25) is 0 Å². The van der Waals surface area contributed by atoms with E-state index in [0.717, 1.165) is 25.8 Å². The maximum absolute atomic E-state index is 10.6. The van der Waals surface area contributed by atoms with Gasteiger partial charge in [0, 0.05) is 19.5 Å². The molecule has 0 atom stereocenters. The van der Waals surface area contributed by atoms with Gasteiger partial charge in [0.2, 0.25) is 17.8 Å². The van der Waals surface area contributed by atoms with Gasteiger partial charge >= 0.3 is 6.01 Å². The van der Waals surface area contributed by atoms with Crippen LogP contribution in [0.3, 0.4) is 0 Å². The number of hydrogen-bond acceptors (Lipinski definition) is 7. The highest BCUT2D eigenvalue weighted by Crippen LogP contribution is 2.10. The highest BCUT2D eigenvalue weighted by atomic mass is 16.5. The van der Waals surface area contributed by atoms with Crippen molar-refractivity contribution in [2.45, 2.75) is 32.6 Å². The number of aromatic nitrogens is 3. The van der Waals surface area contributed by atoms with Gasteiger partial charge in [-0.05, 0) is 19.3 Å². The van der Waals surface area contributed by atoms with Gasteiger partial charge in [-0.1, -0.05) is 6.92 Å². The van der Waals surface area contributed by atoms with E-state index in [1.807, 2.05) is 0 Å². The molecule has 20 heavy (non-hydrogen) atoms. The van der Waals surface area contributed by atoms with E-state index in [1.54, 1.807) is 0 Å². The zero-order chi connectivity index (χ0) is 14.8. The summed E-state index contributed by atoms with van der Waals surface area (Å²) in [6.07, 6.45) is 2.93. The summed E-state index contributed by atoms with van der Waals surface area (Å²) >= 11 is 0. The van der Waals surface area contributed by atoms with Crippen molar-refractivity contribution in [1.29, 1.82) is 0 Å². The molecule has 0 saturated carbocycles. The molecular formula is C12H22N6O2. The van der Waals surface area contributed by atoms with Crippen molar-refractivity contribution in [2.24, 2.45) is 5.73 Å². The lowest BCUT2D eigenvalue weighted by molar-refractivity contribution is -0.118. The minimum atomic E-state index is -0.280. The highest BCUT2D eigenvalue weighted by Gasteiger charge is 2.05. The van der Waals surface area contributed by atoms with Gasteiger partial charge in [-0.15, -0.1) is 0 Å². The van der Waals surface area contributed by atoms with Crippen LogP contribution in [0.1, 0.15) is 32.6 Å². The van der Waals surface area contributed by atoms with E-state index in [9.17, 15) is 4.79 Å². The number of methoxy groups -OCH3 is 1. The Balaban J connectivity index is 2.48. The summed E-state index contributed by atoms with van der Waals surface area (Å²) in [5, 5.41) is 6.16. The van der Waals surface area contributed by atoms with E-state index in [4.69, 9.17) is 10.5 Å². The molecule has 8 nitrogen and oxygen atoms in total. The normalized spacial score (nSPS) is 10.1. The maximum atomic E-state index is 10.6. The lowest BCUT2D eigenvalue weighted by Crippen LogP contribution is -2.13.